The highest BCUT2D eigenvalue weighted by Gasteiger charge is 2.18. The van der Waals surface area contributed by atoms with Gasteiger partial charge >= 0.3 is 0 Å². The summed E-state index contributed by atoms with van der Waals surface area (Å²) < 4.78 is 0. The van der Waals surface area contributed by atoms with Crippen LogP contribution in [-0.4, -0.2) is 25.0 Å². The Morgan fingerprint density at radius 1 is 1.41 bits per heavy atom. The topological polar surface area (TPSA) is 53.2 Å². The quantitative estimate of drug-likeness (QED) is 0.736. The van der Waals surface area contributed by atoms with Gasteiger partial charge in [0.15, 0.2) is 0 Å². The molecule has 1 aromatic rings. The monoisotopic (exact) mass is 231 g/mol. The van der Waals surface area contributed by atoms with Gasteiger partial charge in [0.1, 0.15) is 0 Å². The van der Waals surface area contributed by atoms with Crippen LogP contribution in [0.4, 0.5) is 11.4 Å². The molecule has 3 N–H and O–H groups in total. The Kier molecular flexibility index (Phi) is 2.73. The number of benzene rings is 1. The number of anilines is 2. The molecular weight excluding hydrogens is 214 g/mol. The molecule has 1 amide bonds. The number of carbonyl (C=O) groups is 1. The van der Waals surface area contributed by atoms with E-state index in [0.29, 0.717) is 12.5 Å². The number of hydrogen-bond donors (Lipinski definition) is 3. The number of nitrogens with one attached hydrogen (secondary N) is 3. The molecule has 0 aromatic heterocycles. The van der Waals surface area contributed by atoms with Gasteiger partial charge < -0.3 is 16.0 Å². The van der Waals surface area contributed by atoms with Crippen molar-refractivity contribution in [2.45, 2.75) is 25.3 Å². The fraction of sp³-hybridized carbons (Fsp3) is 0.462. The summed E-state index contributed by atoms with van der Waals surface area (Å²) in [6, 6.07) is 6.66. The summed E-state index contributed by atoms with van der Waals surface area (Å²) in [5.74, 6) is 0.0922. The minimum absolute atomic E-state index is 0.0922. The summed E-state index contributed by atoms with van der Waals surface area (Å²) in [5, 5.41) is 9.73. The standard InChI is InChI=1S/C13H17N3O/c17-13-7-9-6-10(3-4-12(9)16-13)15-8-11-2-1-5-14-11/h3-4,6,11,14-15H,1-2,5,7-8H2,(H,16,17). The molecule has 0 saturated carbocycles. The van der Waals surface area contributed by atoms with Gasteiger partial charge in [-0.15, -0.1) is 0 Å². The number of carbonyl (C=O) groups excluding carboxylic acids is 1. The van der Waals surface area contributed by atoms with E-state index in [-0.39, 0.29) is 5.91 Å². The maximum atomic E-state index is 11.2. The Labute approximate surface area is 101 Å². The third-order valence-electron chi connectivity index (χ3n) is 3.45. The molecular formula is C13H17N3O. The molecule has 1 atom stereocenters. The van der Waals surface area contributed by atoms with Gasteiger partial charge in [-0.05, 0) is 43.1 Å². The molecule has 4 nitrogen and oxygen atoms in total. The van der Waals surface area contributed by atoms with Gasteiger partial charge in [0.05, 0.1) is 6.42 Å². The molecule has 2 aliphatic rings. The summed E-state index contributed by atoms with van der Waals surface area (Å²) in [4.78, 5) is 11.2. The van der Waals surface area contributed by atoms with Crippen LogP contribution in [0.1, 0.15) is 18.4 Å². The predicted molar refractivity (Wildman–Crippen MR) is 68.3 cm³/mol. The van der Waals surface area contributed by atoms with Crippen molar-refractivity contribution in [2.75, 3.05) is 23.7 Å². The highest BCUT2D eigenvalue weighted by molar-refractivity contribution is 5.99. The summed E-state index contributed by atoms with van der Waals surface area (Å²) >= 11 is 0. The zero-order valence-corrected chi connectivity index (χ0v) is 9.75. The third-order valence-corrected chi connectivity index (χ3v) is 3.45. The Hall–Kier alpha value is -1.55. The highest BCUT2D eigenvalue weighted by atomic mass is 16.1. The number of hydrogen-bond acceptors (Lipinski definition) is 3. The summed E-state index contributed by atoms with van der Waals surface area (Å²) in [5.41, 5.74) is 3.16. The molecule has 2 aliphatic heterocycles. The Morgan fingerprint density at radius 2 is 2.35 bits per heavy atom. The highest BCUT2D eigenvalue weighted by Crippen LogP contribution is 2.26. The third kappa shape index (κ3) is 2.26. The number of rotatable bonds is 3. The second-order valence-corrected chi connectivity index (χ2v) is 4.77. The van der Waals surface area contributed by atoms with Crippen molar-refractivity contribution in [3.63, 3.8) is 0 Å². The molecule has 1 fully saturated rings. The van der Waals surface area contributed by atoms with Gasteiger partial charge in [0.2, 0.25) is 5.91 Å². The van der Waals surface area contributed by atoms with E-state index in [4.69, 9.17) is 0 Å². The van der Waals surface area contributed by atoms with Crippen molar-refractivity contribution in [2.24, 2.45) is 0 Å². The van der Waals surface area contributed by atoms with E-state index in [1.807, 2.05) is 12.1 Å². The maximum Gasteiger partial charge on any atom is 0.228 e. The normalized spacial score (nSPS) is 22.4. The van der Waals surface area contributed by atoms with Gasteiger partial charge in [-0.25, -0.2) is 0 Å². The first-order chi connectivity index (χ1) is 8.31. The summed E-state index contributed by atoms with van der Waals surface area (Å²) in [6.45, 7) is 2.09. The molecule has 0 spiro atoms. The molecule has 0 radical (unpaired) electrons. The van der Waals surface area contributed by atoms with Gasteiger partial charge in [0.25, 0.3) is 0 Å². The van der Waals surface area contributed by atoms with Gasteiger partial charge in [-0.1, -0.05) is 0 Å². The minimum Gasteiger partial charge on any atom is -0.383 e. The molecule has 3 rings (SSSR count). The van der Waals surface area contributed by atoms with E-state index < -0.39 is 0 Å². The van der Waals surface area contributed by atoms with Gasteiger partial charge in [-0.2, -0.15) is 0 Å². The lowest BCUT2D eigenvalue weighted by molar-refractivity contribution is -0.115. The average molecular weight is 231 g/mol. The first kappa shape index (κ1) is 10.6. The van der Waals surface area contributed by atoms with Crippen LogP contribution in [-0.2, 0) is 11.2 Å². The molecule has 0 aliphatic carbocycles. The molecule has 0 bridgehead atoms. The molecule has 90 valence electrons. The first-order valence-electron chi connectivity index (χ1n) is 6.21. The Balaban J connectivity index is 1.64. The summed E-state index contributed by atoms with van der Waals surface area (Å²) in [7, 11) is 0. The minimum atomic E-state index is 0.0922. The van der Waals surface area contributed by atoms with Crippen LogP contribution in [0.25, 0.3) is 0 Å². The van der Waals surface area contributed by atoms with Crippen LogP contribution in [0.2, 0.25) is 0 Å². The Morgan fingerprint density at radius 3 is 3.18 bits per heavy atom. The van der Waals surface area contributed by atoms with Crippen LogP contribution < -0.4 is 16.0 Å². The van der Waals surface area contributed by atoms with Crippen molar-refractivity contribution in [3.05, 3.63) is 23.8 Å². The summed E-state index contributed by atoms with van der Waals surface area (Å²) in [6.07, 6.45) is 3.03. The van der Waals surface area contributed by atoms with Crippen LogP contribution >= 0.6 is 0 Å². The predicted octanol–water partition coefficient (Wildman–Crippen LogP) is 1.35. The van der Waals surface area contributed by atoms with E-state index in [1.165, 1.54) is 12.8 Å². The lowest BCUT2D eigenvalue weighted by Crippen LogP contribution is -2.29. The fourth-order valence-corrected chi connectivity index (χ4v) is 2.51. The van der Waals surface area contributed by atoms with Gasteiger partial charge in [0, 0.05) is 24.0 Å². The molecule has 2 heterocycles. The molecule has 1 saturated heterocycles. The SMILES string of the molecule is O=C1Cc2cc(NCC3CCCN3)ccc2N1. The van der Waals surface area contributed by atoms with Crippen molar-refractivity contribution in [1.29, 1.82) is 0 Å². The number of fused-ring (bicyclic) bond motifs is 1. The fourth-order valence-electron chi connectivity index (χ4n) is 2.51. The lowest BCUT2D eigenvalue weighted by atomic mass is 10.1. The zero-order chi connectivity index (χ0) is 11.7. The van der Waals surface area contributed by atoms with Crippen LogP contribution in [0.15, 0.2) is 18.2 Å². The van der Waals surface area contributed by atoms with E-state index in [2.05, 4.69) is 22.0 Å². The van der Waals surface area contributed by atoms with E-state index in [0.717, 1.165) is 30.0 Å². The van der Waals surface area contributed by atoms with Crippen molar-refractivity contribution < 1.29 is 4.79 Å². The van der Waals surface area contributed by atoms with E-state index in [1.54, 1.807) is 0 Å². The molecule has 1 unspecified atom stereocenters. The van der Waals surface area contributed by atoms with Crippen molar-refractivity contribution in [1.82, 2.24) is 5.32 Å². The van der Waals surface area contributed by atoms with Gasteiger partial charge in [-0.3, -0.25) is 4.79 Å². The molecule has 1 aromatic carbocycles. The second-order valence-electron chi connectivity index (χ2n) is 4.77. The van der Waals surface area contributed by atoms with Crippen molar-refractivity contribution >= 4 is 17.3 Å². The maximum absolute atomic E-state index is 11.2. The second kappa shape index (κ2) is 4.37. The van der Waals surface area contributed by atoms with Crippen LogP contribution in [0.5, 0.6) is 0 Å². The van der Waals surface area contributed by atoms with E-state index in [9.17, 15) is 4.79 Å². The lowest BCUT2D eigenvalue weighted by Gasteiger charge is -2.13. The van der Waals surface area contributed by atoms with E-state index >= 15 is 0 Å². The Bertz CT molecular complexity index is 438. The largest absolute Gasteiger partial charge is 0.383 e. The van der Waals surface area contributed by atoms with Crippen molar-refractivity contribution in [3.8, 4) is 0 Å². The average Bonchev–Trinajstić information content (AvgIpc) is 2.92. The van der Waals surface area contributed by atoms with Crippen LogP contribution in [0.3, 0.4) is 0 Å². The molecule has 17 heavy (non-hydrogen) atoms. The van der Waals surface area contributed by atoms with Crippen LogP contribution in [0, 0.1) is 0 Å². The number of amides is 1. The zero-order valence-electron chi connectivity index (χ0n) is 9.75. The molecule has 4 heteroatoms. The smallest absolute Gasteiger partial charge is 0.228 e. The first-order valence-corrected chi connectivity index (χ1v) is 6.21.